The number of nitrogens with zero attached hydrogens (tertiary/aromatic N) is 1. The molecule has 0 bridgehead atoms. The molecule has 0 atom stereocenters. The van der Waals surface area contributed by atoms with Crippen molar-refractivity contribution in [2.75, 3.05) is 10.2 Å². The van der Waals surface area contributed by atoms with Crippen molar-refractivity contribution in [3.05, 3.63) is 211 Å². The normalized spacial score (nSPS) is 13.5. The van der Waals surface area contributed by atoms with E-state index in [4.69, 9.17) is 0 Å². The first-order chi connectivity index (χ1) is 31.4. The van der Waals surface area contributed by atoms with Gasteiger partial charge in [0.15, 0.2) is 7.28 Å². The molecule has 2 nitrogen and oxygen atoms in total. The summed E-state index contributed by atoms with van der Waals surface area (Å²) in [7, 11) is 2.47. The zero-order valence-electron chi connectivity index (χ0n) is 35.9. The van der Waals surface area contributed by atoms with Gasteiger partial charge in [-0.2, -0.15) is 0 Å². The highest BCUT2D eigenvalue weighted by Gasteiger charge is 2.36. The predicted molar refractivity (Wildman–Crippen MR) is 277 cm³/mol. The molecular weight excluding hydrogens is 792 g/mol. The first kappa shape index (κ1) is 37.2. The molecule has 1 aromatic heterocycles. The molecular formula is C60H42BN2S. The van der Waals surface area contributed by atoms with Crippen molar-refractivity contribution in [2.45, 2.75) is 26.2 Å². The number of hydrogen-bond donors (Lipinski definition) is 1. The van der Waals surface area contributed by atoms with Crippen molar-refractivity contribution in [1.82, 2.24) is 0 Å². The lowest BCUT2D eigenvalue weighted by atomic mass is 9.57. The van der Waals surface area contributed by atoms with Crippen LogP contribution in [0.1, 0.15) is 30.5 Å². The Bertz CT molecular complexity index is 3730. The van der Waals surface area contributed by atoms with Crippen LogP contribution in [-0.2, 0) is 5.41 Å². The predicted octanol–water partition coefficient (Wildman–Crippen LogP) is 15.5. The van der Waals surface area contributed by atoms with Gasteiger partial charge >= 0.3 is 0 Å². The summed E-state index contributed by atoms with van der Waals surface area (Å²) in [5, 5.41) is 11.5. The zero-order chi connectivity index (χ0) is 42.7. The fourth-order valence-electron chi connectivity index (χ4n) is 10.8. The van der Waals surface area contributed by atoms with Crippen LogP contribution in [0.4, 0.5) is 28.4 Å². The highest BCUT2D eigenvalue weighted by molar-refractivity contribution is 7.25. The number of hydrogen-bond acceptors (Lipinski definition) is 3. The molecule has 0 amide bonds. The maximum atomic E-state index is 4.04. The Morgan fingerprint density at radius 1 is 0.484 bits per heavy atom. The second kappa shape index (κ2) is 14.1. The lowest BCUT2D eigenvalue weighted by Gasteiger charge is -2.36. The van der Waals surface area contributed by atoms with Crippen LogP contribution in [-0.4, -0.2) is 7.28 Å². The molecule has 11 aromatic rings. The summed E-state index contributed by atoms with van der Waals surface area (Å²) in [6.45, 7) is 6.98. The van der Waals surface area contributed by atoms with E-state index in [0.717, 1.165) is 11.4 Å². The number of nitrogens with one attached hydrogen (secondary N) is 1. The largest absolute Gasteiger partial charge is 0.355 e. The molecule has 2 aliphatic rings. The molecule has 1 N–H and O–H groups in total. The third kappa shape index (κ3) is 5.65. The van der Waals surface area contributed by atoms with E-state index in [0.29, 0.717) is 0 Å². The molecule has 1 radical (unpaired) electrons. The molecule has 0 saturated heterocycles. The monoisotopic (exact) mass is 833 g/mol. The van der Waals surface area contributed by atoms with Gasteiger partial charge in [-0.1, -0.05) is 159 Å². The van der Waals surface area contributed by atoms with Crippen molar-refractivity contribution < 1.29 is 0 Å². The van der Waals surface area contributed by atoms with Gasteiger partial charge in [-0.05, 0) is 138 Å². The van der Waals surface area contributed by atoms with E-state index in [1.165, 1.54) is 120 Å². The smallest absolute Gasteiger partial charge is 0.197 e. The molecule has 13 rings (SSSR count). The minimum absolute atomic E-state index is 0.104. The van der Waals surface area contributed by atoms with Crippen molar-refractivity contribution in [3.8, 4) is 33.4 Å². The first-order valence-corrected chi connectivity index (χ1v) is 23.1. The first-order valence-electron chi connectivity index (χ1n) is 22.2. The Morgan fingerprint density at radius 2 is 1.20 bits per heavy atom. The molecule has 4 heteroatoms. The van der Waals surface area contributed by atoms with Gasteiger partial charge in [-0.25, -0.2) is 0 Å². The maximum absolute atomic E-state index is 4.04. The van der Waals surface area contributed by atoms with E-state index in [1.54, 1.807) is 0 Å². The minimum Gasteiger partial charge on any atom is -0.355 e. The van der Waals surface area contributed by atoms with Gasteiger partial charge in [0, 0.05) is 54.2 Å². The number of anilines is 5. The quantitative estimate of drug-likeness (QED) is 0.174. The summed E-state index contributed by atoms with van der Waals surface area (Å²) in [6, 6.07) is 72.2. The van der Waals surface area contributed by atoms with E-state index in [-0.39, 0.29) is 5.41 Å². The summed E-state index contributed by atoms with van der Waals surface area (Å²) in [5.74, 6) is 0. The summed E-state index contributed by atoms with van der Waals surface area (Å²) < 4.78 is 2.60. The molecule has 301 valence electrons. The number of thiophene rings is 1. The van der Waals surface area contributed by atoms with Crippen LogP contribution in [0.3, 0.4) is 0 Å². The molecule has 64 heavy (non-hydrogen) atoms. The van der Waals surface area contributed by atoms with E-state index in [1.807, 2.05) is 11.3 Å². The Labute approximate surface area is 378 Å². The fraction of sp³-hybridized carbons (Fsp3) is 0.0667. The van der Waals surface area contributed by atoms with E-state index >= 15 is 0 Å². The molecule has 0 spiro atoms. The molecule has 1 aliphatic heterocycles. The highest BCUT2D eigenvalue weighted by atomic mass is 32.1. The third-order valence-corrected chi connectivity index (χ3v) is 15.1. The van der Waals surface area contributed by atoms with Gasteiger partial charge in [0.2, 0.25) is 0 Å². The molecule has 0 unspecified atom stereocenters. The highest BCUT2D eigenvalue weighted by Crippen LogP contribution is 2.51. The molecule has 10 aromatic carbocycles. The number of rotatable bonds is 5. The van der Waals surface area contributed by atoms with Crippen molar-refractivity contribution in [3.63, 3.8) is 0 Å². The van der Waals surface area contributed by atoms with Gasteiger partial charge in [0.05, 0.1) is 0 Å². The van der Waals surface area contributed by atoms with Crippen molar-refractivity contribution >= 4 is 99.7 Å². The van der Waals surface area contributed by atoms with E-state index < -0.39 is 0 Å². The van der Waals surface area contributed by atoms with Crippen molar-refractivity contribution in [1.29, 1.82) is 0 Å². The minimum atomic E-state index is -0.104. The van der Waals surface area contributed by atoms with E-state index in [9.17, 15) is 0 Å². The molecule has 0 saturated carbocycles. The van der Waals surface area contributed by atoms with Gasteiger partial charge in [0.1, 0.15) is 0 Å². The number of aryl methyl sites for hydroxylation is 1. The lowest BCUT2D eigenvalue weighted by Crippen LogP contribution is -2.41. The van der Waals surface area contributed by atoms with Gasteiger partial charge in [-0.3, -0.25) is 0 Å². The average Bonchev–Trinajstić information content (AvgIpc) is 3.80. The SMILES string of the molecule is Cc1cc(-c2ccccc2)ccc1N1c2cc3sc4ccccc4c3cc2[B]c2c1cc1ccccc1c2-c1cc2ccccc2cc1Nc1ccc2c(c1)C(C)(C)c1ccccc1-2. The number of fused-ring (bicyclic) bond motifs is 10. The van der Waals surface area contributed by atoms with Crippen LogP contribution in [0.2, 0.25) is 0 Å². The van der Waals surface area contributed by atoms with Crippen LogP contribution in [0, 0.1) is 6.92 Å². The molecule has 1 aliphatic carbocycles. The standard InChI is InChI=1S/C60H42BN2S/c1-36-29-40(37-15-5-4-6-16-37)25-28-53(36)63-54-35-57-47(46-22-12-14-24-56(46)64-57)34-51(54)61-59-55(63)32-41-19-9-10-20-43(41)58(59)48-30-38-17-7-8-18-39(38)31-52(48)62-42-26-27-45-44-21-11-13-23-49(44)60(2,3)50(45)33-42/h4-35,62H,1-3H3. The molecule has 0 fully saturated rings. The van der Waals surface area contributed by atoms with Crippen LogP contribution in [0.15, 0.2) is 194 Å². The Morgan fingerprint density at radius 3 is 2.05 bits per heavy atom. The molecule has 2 heterocycles. The Hall–Kier alpha value is -7.40. The summed E-state index contributed by atoms with van der Waals surface area (Å²) in [6.07, 6.45) is 0. The van der Waals surface area contributed by atoms with Gasteiger partial charge in [0.25, 0.3) is 0 Å². The second-order valence-electron chi connectivity index (χ2n) is 18.1. The maximum Gasteiger partial charge on any atom is 0.197 e. The topological polar surface area (TPSA) is 15.3 Å². The van der Waals surface area contributed by atoms with Gasteiger partial charge < -0.3 is 10.2 Å². The van der Waals surface area contributed by atoms with E-state index in [2.05, 4.69) is 232 Å². The Kier molecular flexibility index (Phi) is 8.17. The van der Waals surface area contributed by atoms with Crippen LogP contribution >= 0.6 is 11.3 Å². The summed E-state index contributed by atoms with van der Waals surface area (Å²) in [5.41, 5.74) is 19.5. The Balaban J connectivity index is 1.06. The van der Waals surface area contributed by atoms with Crippen LogP contribution < -0.4 is 21.1 Å². The third-order valence-electron chi connectivity index (χ3n) is 13.9. The average molecular weight is 834 g/mol. The number of benzene rings is 10. The van der Waals surface area contributed by atoms with Crippen LogP contribution in [0.25, 0.3) is 75.1 Å². The summed E-state index contributed by atoms with van der Waals surface area (Å²) in [4.78, 5) is 2.54. The lowest BCUT2D eigenvalue weighted by molar-refractivity contribution is 0.660. The van der Waals surface area contributed by atoms with Crippen molar-refractivity contribution in [2.24, 2.45) is 0 Å². The van der Waals surface area contributed by atoms with Crippen LogP contribution in [0.5, 0.6) is 0 Å². The summed E-state index contributed by atoms with van der Waals surface area (Å²) >= 11 is 1.88. The second-order valence-corrected chi connectivity index (χ2v) is 19.1. The fourth-order valence-corrected chi connectivity index (χ4v) is 11.9. The zero-order valence-corrected chi connectivity index (χ0v) is 36.7. The van der Waals surface area contributed by atoms with Gasteiger partial charge in [-0.15, -0.1) is 11.3 Å².